The summed E-state index contributed by atoms with van der Waals surface area (Å²) in [6.45, 7) is 4.25. The smallest absolute Gasteiger partial charge is 0.191 e. The predicted molar refractivity (Wildman–Crippen MR) is 106 cm³/mol. The molecule has 3 rings (SSSR count). The number of H-pyrrole nitrogens is 1. The number of benzene rings is 2. The second-order valence-corrected chi connectivity index (χ2v) is 5.92. The number of methoxy groups -OCH3 is 1. The first-order valence-corrected chi connectivity index (χ1v) is 8.87. The van der Waals surface area contributed by atoms with Gasteiger partial charge in [-0.3, -0.25) is 0 Å². The summed E-state index contributed by atoms with van der Waals surface area (Å²) in [4.78, 5) is 12.6. The van der Waals surface area contributed by atoms with E-state index >= 15 is 0 Å². The van der Waals surface area contributed by atoms with Crippen LogP contribution in [-0.2, 0) is 13.0 Å². The molecule has 0 aliphatic heterocycles. The summed E-state index contributed by atoms with van der Waals surface area (Å²) in [6.07, 6.45) is 0.807. The molecule has 0 saturated carbocycles. The van der Waals surface area contributed by atoms with Crippen molar-refractivity contribution in [3.8, 4) is 5.75 Å². The Labute approximate surface area is 153 Å². The van der Waals surface area contributed by atoms with Gasteiger partial charge in [0.05, 0.1) is 24.7 Å². The Morgan fingerprint density at radius 2 is 1.92 bits per heavy atom. The lowest BCUT2D eigenvalue weighted by Crippen LogP contribution is -2.38. The monoisotopic (exact) mass is 351 g/mol. The Morgan fingerprint density at radius 3 is 2.65 bits per heavy atom. The fourth-order valence-corrected chi connectivity index (χ4v) is 2.67. The van der Waals surface area contributed by atoms with E-state index in [0.717, 1.165) is 53.6 Å². The van der Waals surface area contributed by atoms with E-state index in [4.69, 9.17) is 4.74 Å². The van der Waals surface area contributed by atoms with Crippen LogP contribution >= 0.6 is 0 Å². The summed E-state index contributed by atoms with van der Waals surface area (Å²) in [5.41, 5.74) is 3.21. The van der Waals surface area contributed by atoms with Crippen LogP contribution in [0.25, 0.3) is 11.0 Å². The van der Waals surface area contributed by atoms with E-state index in [1.54, 1.807) is 7.11 Å². The molecule has 0 saturated heterocycles. The Kier molecular flexibility index (Phi) is 6.09. The first kappa shape index (κ1) is 17.8. The lowest BCUT2D eigenvalue weighted by molar-refractivity contribution is 0.414. The molecule has 6 heteroatoms. The van der Waals surface area contributed by atoms with Gasteiger partial charge in [0, 0.05) is 19.5 Å². The third-order valence-electron chi connectivity index (χ3n) is 4.02. The Morgan fingerprint density at radius 1 is 1.12 bits per heavy atom. The first-order valence-electron chi connectivity index (χ1n) is 8.87. The van der Waals surface area contributed by atoms with Gasteiger partial charge in [0.15, 0.2) is 5.96 Å². The fraction of sp³-hybridized carbons (Fsp3) is 0.300. The average molecular weight is 351 g/mol. The second kappa shape index (κ2) is 8.89. The molecule has 0 unspecified atom stereocenters. The number of rotatable bonds is 7. The summed E-state index contributed by atoms with van der Waals surface area (Å²) in [5, 5.41) is 6.63. The fourth-order valence-electron chi connectivity index (χ4n) is 2.67. The predicted octanol–water partition coefficient (Wildman–Crippen LogP) is 2.87. The molecule has 1 heterocycles. The molecule has 136 valence electrons. The molecule has 3 N–H and O–H groups in total. The van der Waals surface area contributed by atoms with Crippen molar-refractivity contribution >= 4 is 17.0 Å². The molecule has 0 aliphatic rings. The van der Waals surface area contributed by atoms with Crippen molar-refractivity contribution in [1.82, 2.24) is 20.6 Å². The zero-order valence-corrected chi connectivity index (χ0v) is 15.2. The highest BCUT2D eigenvalue weighted by Crippen LogP contribution is 2.12. The van der Waals surface area contributed by atoms with Crippen LogP contribution in [0.3, 0.4) is 0 Å². The Hall–Kier alpha value is -3.02. The number of hydrogen-bond acceptors (Lipinski definition) is 3. The van der Waals surface area contributed by atoms with Crippen molar-refractivity contribution in [3.05, 3.63) is 59.9 Å². The number of ether oxygens (including phenoxy) is 1. The SMILES string of the molecule is CCNC(=NCc1ccc(OC)cc1)NCCc1nc2ccccc2[nH]1. The van der Waals surface area contributed by atoms with Gasteiger partial charge in [0.25, 0.3) is 0 Å². The molecule has 0 fully saturated rings. The summed E-state index contributed by atoms with van der Waals surface area (Å²) >= 11 is 0. The number of imidazole rings is 1. The topological polar surface area (TPSA) is 74.3 Å². The van der Waals surface area contributed by atoms with Crippen molar-refractivity contribution in [3.63, 3.8) is 0 Å². The Balaban J connectivity index is 1.55. The molecular formula is C20H25N5O. The van der Waals surface area contributed by atoms with Gasteiger partial charge in [0.1, 0.15) is 11.6 Å². The quantitative estimate of drug-likeness (QED) is 0.452. The van der Waals surface area contributed by atoms with Gasteiger partial charge in [0.2, 0.25) is 0 Å². The number of aromatic amines is 1. The number of hydrogen-bond donors (Lipinski definition) is 3. The highest BCUT2D eigenvalue weighted by atomic mass is 16.5. The van der Waals surface area contributed by atoms with Crippen LogP contribution in [0.5, 0.6) is 5.75 Å². The minimum atomic E-state index is 0.615. The van der Waals surface area contributed by atoms with Crippen LogP contribution in [0.15, 0.2) is 53.5 Å². The molecule has 0 bridgehead atoms. The maximum Gasteiger partial charge on any atom is 0.191 e. The molecule has 0 atom stereocenters. The zero-order chi connectivity index (χ0) is 18.2. The maximum absolute atomic E-state index is 5.18. The van der Waals surface area contributed by atoms with E-state index in [2.05, 4.69) is 32.5 Å². The molecular weight excluding hydrogens is 326 g/mol. The van der Waals surface area contributed by atoms with Crippen molar-refractivity contribution < 1.29 is 4.74 Å². The molecule has 0 radical (unpaired) electrons. The average Bonchev–Trinajstić information content (AvgIpc) is 3.09. The summed E-state index contributed by atoms with van der Waals surface area (Å²) < 4.78 is 5.18. The van der Waals surface area contributed by atoms with Crippen molar-refractivity contribution in [2.24, 2.45) is 4.99 Å². The minimum absolute atomic E-state index is 0.615. The van der Waals surface area contributed by atoms with Crippen molar-refractivity contribution in [2.45, 2.75) is 19.9 Å². The van der Waals surface area contributed by atoms with Crippen LogP contribution in [0.2, 0.25) is 0 Å². The number of guanidine groups is 1. The molecule has 1 aromatic heterocycles. The van der Waals surface area contributed by atoms with Gasteiger partial charge < -0.3 is 20.4 Å². The molecule has 6 nitrogen and oxygen atoms in total. The van der Waals surface area contributed by atoms with E-state index in [1.165, 1.54) is 0 Å². The zero-order valence-electron chi connectivity index (χ0n) is 15.2. The minimum Gasteiger partial charge on any atom is -0.497 e. The van der Waals surface area contributed by atoms with Crippen LogP contribution in [0.4, 0.5) is 0 Å². The second-order valence-electron chi connectivity index (χ2n) is 5.92. The molecule has 3 aromatic rings. The van der Waals surface area contributed by atoms with Crippen molar-refractivity contribution in [1.29, 1.82) is 0 Å². The molecule has 2 aromatic carbocycles. The molecule has 0 aliphatic carbocycles. The van der Waals surface area contributed by atoms with E-state index in [1.807, 2.05) is 48.5 Å². The van der Waals surface area contributed by atoms with Gasteiger partial charge in [-0.2, -0.15) is 0 Å². The van der Waals surface area contributed by atoms with Gasteiger partial charge in [-0.05, 0) is 36.8 Å². The third-order valence-corrected chi connectivity index (χ3v) is 4.02. The van der Waals surface area contributed by atoms with E-state index in [-0.39, 0.29) is 0 Å². The van der Waals surface area contributed by atoms with Crippen LogP contribution in [0.1, 0.15) is 18.3 Å². The van der Waals surface area contributed by atoms with Gasteiger partial charge >= 0.3 is 0 Å². The van der Waals surface area contributed by atoms with Crippen LogP contribution in [-0.4, -0.2) is 36.1 Å². The molecule has 0 spiro atoms. The van der Waals surface area contributed by atoms with Gasteiger partial charge in [-0.25, -0.2) is 9.98 Å². The third kappa shape index (κ3) is 4.75. The highest BCUT2D eigenvalue weighted by Gasteiger charge is 2.03. The first-order chi connectivity index (χ1) is 12.8. The Bertz CT molecular complexity index is 821. The maximum atomic E-state index is 5.18. The van der Waals surface area contributed by atoms with Crippen LogP contribution < -0.4 is 15.4 Å². The number of aliphatic imine (C=N–C) groups is 1. The number of para-hydroxylation sites is 2. The lowest BCUT2D eigenvalue weighted by atomic mass is 10.2. The van der Waals surface area contributed by atoms with E-state index < -0.39 is 0 Å². The number of fused-ring (bicyclic) bond motifs is 1. The van der Waals surface area contributed by atoms with Gasteiger partial charge in [-0.1, -0.05) is 24.3 Å². The highest BCUT2D eigenvalue weighted by molar-refractivity contribution is 5.79. The number of nitrogens with zero attached hydrogens (tertiary/aromatic N) is 2. The summed E-state index contributed by atoms with van der Waals surface area (Å²) in [7, 11) is 1.67. The largest absolute Gasteiger partial charge is 0.497 e. The lowest BCUT2D eigenvalue weighted by Gasteiger charge is -2.10. The normalized spacial score (nSPS) is 11.5. The summed E-state index contributed by atoms with van der Waals surface area (Å²) in [6, 6.07) is 16.0. The van der Waals surface area contributed by atoms with E-state index in [0.29, 0.717) is 6.54 Å². The molecule has 26 heavy (non-hydrogen) atoms. The van der Waals surface area contributed by atoms with Crippen molar-refractivity contribution in [2.75, 3.05) is 20.2 Å². The van der Waals surface area contributed by atoms with E-state index in [9.17, 15) is 0 Å². The summed E-state index contributed by atoms with van der Waals surface area (Å²) in [5.74, 6) is 2.64. The molecule has 0 amide bonds. The number of nitrogens with one attached hydrogen (secondary N) is 3. The van der Waals surface area contributed by atoms with Gasteiger partial charge in [-0.15, -0.1) is 0 Å². The van der Waals surface area contributed by atoms with Crippen LogP contribution in [0, 0.1) is 0 Å². The number of aromatic nitrogens is 2. The standard InChI is InChI=1S/C20H25N5O/c1-3-21-20(23-14-15-8-10-16(26-2)11-9-15)22-13-12-19-24-17-6-4-5-7-18(17)25-19/h4-11H,3,12-14H2,1-2H3,(H,24,25)(H2,21,22,23).